The van der Waals surface area contributed by atoms with Crippen molar-refractivity contribution in [3.63, 3.8) is 0 Å². The molecule has 0 aliphatic rings. The average molecular weight is 257 g/mol. The number of nitrogens with two attached hydrogens (primary N) is 1. The summed E-state index contributed by atoms with van der Waals surface area (Å²) in [5, 5.41) is 3.53. The molecule has 2 N–H and O–H groups in total. The summed E-state index contributed by atoms with van der Waals surface area (Å²) in [7, 11) is 0. The summed E-state index contributed by atoms with van der Waals surface area (Å²) in [6, 6.07) is 4.33. The molecule has 2 aromatic rings. The van der Waals surface area contributed by atoms with Crippen LogP contribution in [-0.2, 0) is 0 Å². The Balaban J connectivity index is 2.62. The molecular formula is C9H6BrFN2O. The number of anilines is 1. The van der Waals surface area contributed by atoms with E-state index in [0.717, 1.165) is 4.47 Å². The third kappa shape index (κ3) is 1.50. The van der Waals surface area contributed by atoms with Gasteiger partial charge in [-0.05, 0) is 18.2 Å². The van der Waals surface area contributed by atoms with Gasteiger partial charge in [-0.1, -0.05) is 21.1 Å². The lowest BCUT2D eigenvalue weighted by molar-refractivity contribution is 0.436. The lowest BCUT2D eigenvalue weighted by atomic mass is 10.1. The molecule has 0 atom stereocenters. The number of hydrogen-bond acceptors (Lipinski definition) is 3. The van der Waals surface area contributed by atoms with Crippen LogP contribution in [0.5, 0.6) is 0 Å². The summed E-state index contributed by atoms with van der Waals surface area (Å²) in [6.45, 7) is 0. The largest absolute Gasteiger partial charge is 0.367 e. The number of aromatic nitrogens is 1. The molecule has 0 aliphatic heterocycles. The maximum absolute atomic E-state index is 13.0. The van der Waals surface area contributed by atoms with Crippen molar-refractivity contribution < 1.29 is 8.91 Å². The van der Waals surface area contributed by atoms with E-state index in [1.165, 1.54) is 18.3 Å². The zero-order chi connectivity index (χ0) is 10.1. The fourth-order valence-electron chi connectivity index (χ4n) is 1.15. The van der Waals surface area contributed by atoms with E-state index < -0.39 is 0 Å². The Hall–Kier alpha value is -1.36. The minimum Gasteiger partial charge on any atom is -0.367 e. The van der Waals surface area contributed by atoms with Crippen molar-refractivity contribution in [2.75, 3.05) is 5.73 Å². The van der Waals surface area contributed by atoms with Crippen molar-refractivity contribution in [2.24, 2.45) is 0 Å². The normalized spacial score (nSPS) is 10.4. The molecule has 72 valence electrons. The maximum Gasteiger partial charge on any atom is 0.229 e. The predicted molar refractivity (Wildman–Crippen MR) is 54.0 cm³/mol. The fraction of sp³-hybridized carbons (Fsp3) is 0. The summed E-state index contributed by atoms with van der Waals surface area (Å²) in [5.74, 6) is -0.153. The van der Waals surface area contributed by atoms with Crippen molar-refractivity contribution in [2.45, 2.75) is 0 Å². The molecule has 0 bridgehead atoms. The van der Waals surface area contributed by atoms with Gasteiger partial charge in [-0.25, -0.2) is 4.39 Å². The first-order valence-corrected chi connectivity index (χ1v) is 4.63. The van der Waals surface area contributed by atoms with Gasteiger partial charge >= 0.3 is 0 Å². The van der Waals surface area contributed by atoms with Crippen LogP contribution < -0.4 is 5.73 Å². The van der Waals surface area contributed by atoms with Crippen molar-refractivity contribution in [3.05, 3.63) is 34.7 Å². The molecule has 0 saturated carbocycles. The Kier molecular flexibility index (Phi) is 2.25. The Bertz CT molecular complexity index is 470. The second-order valence-corrected chi connectivity index (χ2v) is 3.58. The van der Waals surface area contributed by atoms with Crippen LogP contribution in [0.25, 0.3) is 11.1 Å². The SMILES string of the molecule is Nc1oncc1-c1cc(F)ccc1Br. The minimum atomic E-state index is -0.330. The second-order valence-electron chi connectivity index (χ2n) is 2.73. The summed E-state index contributed by atoms with van der Waals surface area (Å²) in [4.78, 5) is 0. The average Bonchev–Trinajstić information content (AvgIpc) is 2.56. The van der Waals surface area contributed by atoms with Gasteiger partial charge < -0.3 is 10.3 Å². The third-order valence-corrected chi connectivity index (χ3v) is 2.51. The van der Waals surface area contributed by atoms with Crippen LogP contribution in [0, 0.1) is 5.82 Å². The van der Waals surface area contributed by atoms with Crippen LogP contribution in [0.15, 0.2) is 33.4 Å². The van der Waals surface area contributed by atoms with E-state index in [-0.39, 0.29) is 11.7 Å². The molecule has 0 fully saturated rings. The molecule has 2 rings (SSSR count). The highest BCUT2D eigenvalue weighted by Crippen LogP contribution is 2.32. The molecule has 0 saturated heterocycles. The summed E-state index contributed by atoms with van der Waals surface area (Å²) >= 11 is 3.29. The van der Waals surface area contributed by atoms with E-state index in [9.17, 15) is 4.39 Å². The number of halogens is 2. The van der Waals surface area contributed by atoms with Crippen LogP contribution in [0.4, 0.5) is 10.3 Å². The van der Waals surface area contributed by atoms with Crippen molar-refractivity contribution in [1.82, 2.24) is 5.16 Å². The molecule has 0 amide bonds. The second kappa shape index (κ2) is 3.42. The van der Waals surface area contributed by atoms with Crippen LogP contribution in [-0.4, -0.2) is 5.16 Å². The van der Waals surface area contributed by atoms with E-state index in [1.54, 1.807) is 6.07 Å². The number of nitrogen functional groups attached to an aromatic ring is 1. The molecule has 0 radical (unpaired) electrons. The van der Waals surface area contributed by atoms with Crippen molar-refractivity contribution >= 4 is 21.8 Å². The zero-order valence-corrected chi connectivity index (χ0v) is 8.58. The van der Waals surface area contributed by atoms with E-state index in [2.05, 4.69) is 21.1 Å². The Morgan fingerprint density at radius 3 is 2.79 bits per heavy atom. The summed E-state index contributed by atoms with van der Waals surface area (Å²) < 4.78 is 18.4. The van der Waals surface area contributed by atoms with Gasteiger partial charge in [0.15, 0.2) is 0 Å². The number of hydrogen-bond donors (Lipinski definition) is 1. The van der Waals surface area contributed by atoms with Gasteiger partial charge in [-0.2, -0.15) is 0 Å². The van der Waals surface area contributed by atoms with Gasteiger partial charge in [0.25, 0.3) is 0 Å². The van der Waals surface area contributed by atoms with Gasteiger partial charge in [0, 0.05) is 10.0 Å². The third-order valence-electron chi connectivity index (χ3n) is 1.82. The van der Waals surface area contributed by atoms with Gasteiger partial charge in [0.1, 0.15) is 5.82 Å². The maximum atomic E-state index is 13.0. The quantitative estimate of drug-likeness (QED) is 0.854. The lowest BCUT2D eigenvalue weighted by Crippen LogP contribution is -1.86. The molecule has 0 aliphatic carbocycles. The molecule has 5 heteroatoms. The Labute approximate surface area is 87.8 Å². The summed E-state index contributed by atoms with van der Waals surface area (Å²) in [5.41, 5.74) is 6.73. The molecule has 1 aromatic carbocycles. The van der Waals surface area contributed by atoms with Crippen molar-refractivity contribution in [1.29, 1.82) is 0 Å². The first-order chi connectivity index (χ1) is 6.68. The topological polar surface area (TPSA) is 52.0 Å². The van der Waals surface area contributed by atoms with E-state index in [0.29, 0.717) is 11.1 Å². The molecule has 0 spiro atoms. The van der Waals surface area contributed by atoms with Crippen LogP contribution in [0.3, 0.4) is 0 Å². The first kappa shape index (κ1) is 9.21. The first-order valence-electron chi connectivity index (χ1n) is 3.84. The monoisotopic (exact) mass is 256 g/mol. The van der Waals surface area contributed by atoms with Gasteiger partial charge in [-0.3, -0.25) is 0 Å². The van der Waals surface area contributed by atoms with Gasteiger partial charge in [0.2, 0.25) is 5.88 Å². The standard InChI is InChI=1S/C9H6BrFN2O/c10-8-2-1-5(11)3-6(8)7-4-13-14-9(7)12/h1-4H,12H2. The molecule has 14 heavy (non-hydrogen) atoms. The van der Waals surface area contributed by atoms with Crippen LogP contribution in [0.2, 0.25) is 0 Å². The molecule has 1 heterocycles. The molecule has 0 unspecified atom stereocenters. The number of rotatable bonds is 1. The summed E-state index contributed by atoms with van der Waals surface area (Å²) in [6.07, 6.45) is 1.45. The molecule has 1 aromatic heterocycles. The smallest absolute Gasteiger partial charge is 0.229 e. The Morgan fingerprint density at radius 1 is 1.36 bits per heavy atom. The minimum absolute atomic E-state index is 0.177. The fourth-order valence-corrected chi connectivity index (χ4v) is 1.62. The van der Waals surface area contributed by atoms with Crippen LogP contribution in [0.1, 0.15) is 0 Å². The Morgan fingerprint density at radius 2 is 2.14 bits per heavy atom. The van der Waals surface area contributed by atoms with Crippen LogP contribution >= 0.6 is 15.9 Å². The highest BCUT2D eigenvalue weighted by atomic mass is 79.9. The van der Waals surface area contributed by atoms with Crippen molar-refractivity contribution in [3.8, 4) is 11.1 Å². The highest BCUT2D eigenvalue weighted by molar-refractivity contribution is 9.10. The number of benzene rings is 1. The van der Waals surface area contributed by atoms with E-state index in [1.807, 2.05) is 0 Å². The zero-order valence-electron chi connectivity index (χ0n) is 7.00. The van der Waals surface area contributed by atoms with Gasteiger partial charge in [-0.15, -0.1) is 0 Å². The highest BCUT2D eigenvalue weighted by Gasteiger charge is 2.11. The molecular weight excluding hydrogens is 251 g/mol. The van der Waals surface area contributed by atoms with Gasteiger partial charge in [0.05, 0.1) is 11.8 Å². The van der Waals surface area contributed by atoms with E-state index >= 15 is 0 Å². The lowest BCUT2D eigenvalue weighted by Gasteiger charge is -2.01. The predicted octanol–water partition coefficient (Wildman–Crippen LogP) is 2.83. The number of nitrogens with zero attached hydrogens (tertiary/aromatic N) is 1. The van der Waals surface area contributed by atoms with E-state index in [4.69, 9.17) is 10.3 Å². The molecule has 3 nitrogen and oxygen atoms in total.